The van der Waals surface area contributed by atoms with Crippen LogP contribution in [0, 0.1) is 5.92 Å². The number of anilines is 1. The molecule has 0 aromatic heterocycles. The summed E-state index contributed by atoms with van der Waals surface area (Å²) in [7, 11) is -3.14. The summed E-state index contributed by atoms with van der Waals surface area (Å²) in [6, 6.07) is 12.0. The fourth-order valence-corrected chi connectivity index (χ4v) is 4.74. The second kappa shape index (κ2) is 8.19. The van der Waals surface area contributed by atoms with Gasteiger partial charge in [-0.1, -0.05) is 11.6 Å². The minimum absolute atomic E-state index is 0.0379. The van der Waals surface area contributed by atoms with Gasteiger partial charge in [-0.3, -0.25) is 4.79 Å². The number of sulfone groups is 1. The summed E-state index contributed by atoms with van der Waals surface area (Å²) in [4.78, 5) is 12.4. The van der Waals surface area contributed by atoms with E-state index in [0.29, 0.717) is 35.2 Å². The minimum Gasteiger partial charge on any atom is -0.494 e. The van der Waals surface area contributed by atoms with Gasteiger partial charge in [0.25, 0.3) is 0 Å². The van der Waals surface area contributed by atoms with E-state index in [1.54, 1.807) is 42.5 Å². The number of hydrogen-bond donors (Lipinski definition) is 1. The molecule has 3 rings (SSSR count). The van der Waals surface area contributed by atoms with Crippen LogP contribution >= 0.6 is 11.6 Å². The van der Waals surface area contributed by atoms with Crippen molar-refractivity contribution < 1.29 is 22.7 Å². The molecule has 0 aliphatic carbocycles. The van der Waals surface area contributed by atoms with E-state index >= 15 is 0 Å². The minimum atomic E-state index is -3.14. The predicted octanol–water partition coefficient (Wildman–Crippen LogP) is 3.90. The molecule has 0 spiro atoms. The molecule has 0 bridgehead atoms. The second-order valence-electron chi connectivity index (χ2n) is 6.24. The topological polar surface area (TPSA) is 81.7 Å². The van der Waals surface area contributed by atoms with Gasteiger partial charge in [0, 0.05) is 5.02 Å². The lowest BCUT2D eigenvalue weighted by atomic mass is 10.1. The number of nitrogens with one attached hydrogen (secondary N) is 1. The quantitative estimate of drug-likeness (QED) is 0.782. The molecule has 0 unspecified atom stereocenters. The number of rotatable bonds is 6. The molecule has 1 fully saturated rings. The predicted molar refractivity (Wildman–Crippen MR) is 105 cm³/mol. The van der Waals surface area contributed by atoms with Gasteiger partial charge in [0.1, 0.15) is 11.5 Å². The number of hydrogen-bond acceptors (Lipinski definition) is 5. The first-order valence-electron chi connectivity index (χ1n) is 8.58. The molecule has 0 radical (unpaired) electrons. The number of carbonyl (C=O) groups excluding carboxylic acids is 1. The van der Waals surface area contributed by atoms with Crippen molar-refractivity contribution in [2.24, 2.45) is 5.92 Å². The monoisotopic (exact) mass is 409 g/mol. The van der Waals surface area contributed by atoms with E-state index in [1.165, 1.54) is 0 Å². The molecule has 144 valence electrons. The van der Waals surface area contributed by atoms with Crippen LogP contribution in [0.25, 0.3) is 0 Å². The van der Waals surface area contributed by atoms with Crippen molar-refractivity contribution in [3.05, 3.63) is 47.5 Å². The van der Waals surface area contributed by atoms with E-state index in [1.807, 2.05) is 6.92 Å². The molecule has 1 aliphatic heterocycles. The summed E-state index contributed by atoms with van der Waals surface area (Å²) < 4.78 is 34.4. The van der Waals surface area contributed by atoms with Crippen LogP contribution in [-0.4, -0.2) is 32.4 Å². The Balaban J connectivity index is 1.75. The van der Waals surface area contributed by atoms with Gasteiger partial charge >= 0.3 is 0 Å². The molecule has 1 N–H and O–H groups in total. The molecule has 8 heteroatoms. The van der Waals surface area contributed by atoms with Crippen LogP contribution in [0.2, 0.25) is 5.02 Å². The van der Waals surface area contributed by atoms with Gasteiger partial charge in [0.15, 0.2) is 15.6 Å². The van der Waals surface area contributed by atoms with Gasteiger partial charge < -0.3 is 14.8 Å². The first kappa shape index (κ1) is 19.5. The number of ether oxygens (including phenoxy) is 2. The van der Waals surface area contributed by atoms with Crippen LogP contribution in [-0.2, 0) is 14.6 Å². The first-order valence-corrected chi connectivity index (χ1v) is 10.8. The molecule has 1 heterocycles. The summed E-state index contributed by atoms with van der Waals surface area (Å²) in [6.07, 6.45) is 0.323. The highest BCUT2D eigenvalue weighted by Crippen LogP contribution is 2.33. The van der Waals surface area contributed by atoms with Crippen LogP contribution in [0.3, 0.4) is 0 Å². The highest BCUT2D eigenvalue weighted by molar-refractivity contribution is 7.91. The van der Waals surface area contributed by atoms with Crippen LogP contribution in [0.4, 0.5) is 5.69 Å². The van der Waals surface area contributed by atoms with Gasteiger partial charge in [-0.2, -0.15) is 0 Å². The smallest absolute Gasteiger partial charge is 0.228 e. The van der Waals surface area contributed by atoms with Crippen LogP contribution in [0.5, 0.6) is 17.2 Å². The van der Waals surface area contributed by atoms with E-state index in [0.717, 1.165) is 5.75 Å². The first-order chi connectivity index (χ1) is 12.9. The van der Waals surface area contributed by atoms with Crippen molar-refractivity contribution >= 4 is 33.0 Å². The standard InChI is InChI=1S/C19H20ClNO5S/c1-2-25-15-4-6-16(7-5-15)26-18-8-3-14(20)11-17(18)21-19(22)13-9-10-27(23,24)12-13/h3-8,11,13H,2,9-10,12H2,1H3,(H,21,22)/t13-/m0/s1. The lowest BCUT2D eigenvalue weighted by molar-refractivity contribution is -0.119. The molecule has 6 nitrogen and oxygen atoms in total. The molecular formula is C19H20ClNO5S. The third-order valence-electron chi connectivity index (χ3n) is 4.17. The van der Waals surface area contributed by atoms with Crippen molar-refractivity contribution in [1.82, 2.24) is 0 Å². The van der Waals surface area contributed by atoms with Crippen LogP contribution in [0.15, 0.2) is 42.5 Å². The zero-order chi connectivity index (χ0) is 19.4. The fourth-order valence-electron chi connectivity index (χ4n) is 2.82. The van der Waals surface area contributed by atoms with Crippen molar-refractivity contribution in [1.29, 1.82) is 0 Å². The lowest BCUT2D eigenvalue weighted by Crippen LogP contribution is -2.23. The Morgan fingerprint density at radius 2 is 1.89 bits per heavy atom. The van der Waals surface area contributed by atoms with Gasteiger partial charge in [-0.15, -0.1) is 0 Å². The van der Waals surface area contributed by atoms with Gasteiger partial charge in [-0.05, 0) is 55.8 Å². The Labute approximate surface area is 163 Å². The highest BCUT2D eigenvalue weighted by Gasteiger charge is 2.33. The van der Waals surface area contributed by atoms with E-state index in [9.17, 15) is 13.2 Å². The van der Waals surface area contributed by atoms with E-state index in [4.69, 9.17) is 21.1 Å². The third-order valence-corrected chi connectivity index (χ3v) is 6.17. The normalized spacial score (nSPS) is 18.1. The molecule has 0 saturated carbocycles. The highest BCUT2D eigenvalue weighted by atomic mass is 35.5. The SMILES string of the molecule is CCOc1ccc(Oc2ccc(Cl)cc2NC(=O)[C@H]2CCS(=O)(=O)C2)cc1. The van der Waals surface area contributed by atoms with Crippen molar-refractivity contribution in [2.75, 3.05) is 23.4 Å². The van der Waals surface area contributed by atoms with Gasteiger partial charge in [-0.25, -0.2) is 8.42 Å². The zero-order valence-electron chi connectivity index (χ0n) is 14.8. The maximum absolute atomic E-state index is 12.4. The largest absolute Gasteiger partial charge is 0.494 e. The second-order valence-corrected chi connectivity index (χ2v) is 8.90. The lowest BCUT2D eigenvalue weighted by Gasteiger charge is -2.15. The Hall–Kier alpha value is -2.25. The molecule has 2 aromatic carbocycles. The molecular weight excluding hydrogens is 390 g/mol. The van der Waals surface area contributed by atoms with Crippen molar-refractivity contribution in [2.45, 2.75) is 13.3 Å². The fraction of sp³-hybridized carbons (Fsp3) is 0.316. The zero-order valence-corrected chi connectivity index (χ0v) is 16.3. The molecule has 27 heavy (non-hydrogen) atoms. The maximum Gasteiger partial charge on any atom is 0.228 e. The van der Waals surface area contributed by atoms with Crippen LogP contribution in [0.1, 0.15) is 13.3 Å². The summed E-state index contributed by atoms with van der Waals surface area (Å²) in [5, 5.41) is 3.18. The summed E-state index contributed by atoms with van der Waals surface area (Å²) in [5.41, 5.74) is 0.394. The number of carbonyl (C=O) groups is 1. The number of amides is 1. The number of benzene rings is 2. The summed E-state index contributed by atoms with van der Waals surface area (Å²) in [6.45, 7) is 2.48. The average molecular weight is 410 g/mol. The molecule has 1 aliphatic rings. The van der Waals surface area contributed by atoms with E-state index in [-0.39, 0.29) is 17.4 Å². The molecule has 1 atom stereocenters. The van der Waals surface area contributed by atoms with Gasteiger partial charge in [0.2, 0.25) is 5.91 Å². The molecule has 2 aromatic rings. The van der Waals surface area contributed by atoms with Crippen molar-refractivity contribution in [3.63, 3.8) is 0 Å². The van der Waals surface area contributed by atoms with E-state index in [2.05, 4.69) is 5.32 Å². The maximum atomic E-state index is 12.4. The van der Waals surface area contributed by atoms with E-state index < -0.39 is 15.8 Å². The Bertz CT molecular complexity index is 928. The third kappa shape index (κ3) is 5.14. The van der Waals surface area contributed by atoms with Gasteiger partial charge in [0.05, 0.1) is 29.7 Å². The molecule has 1 amide bonds. The van der Waals surface area contributed by atoms with Crippen LogP contribution < -0.4 is 14.8 Å². The Morgan fingerprint density at radius 1 is 1.19 bits per heavy atom. The number of halogens is 1. The molecule has 1 saturated heterocycles. The summed E-state index contributed by atoms with van der Waals surface area (Å²) >= 11 is 6.04. The average Bonchev–Trinajstić information content (AvgIpc) is 2.99. The Kier molecular flexibility index (Phi) is 5.92. The summed E-state index contributed by atoms with van der Waals surface area (Å²) in [5.74, 6) is 0.710. The van der Waals surface area contributed by atoms with Crippen molar-refractivity contribution in [3.8, 4) is 17.2 Å². The Morgan fingerprint density at radius 3 is 2.52 bits per heavy atom.